The van der Waals surface area contributed by atoms with Crippen LogP contribution in [0.5, 0.6) is 0 Å². The van der Waals surface area contributed by atoms with Crippen molar-refractivity contribution in [1.29, 1.82) is 0 Å². The summed E-state index contributed by atoms with van der Waals surface area (Å²) in [6, 6.07) is 26.1. The minimum Gasteiger partial charge on any atom is -0.0985 e. The first-order valence-electron chi connectivity index (χ1n) is 9.17. The van der Waals surface area contributed by atoms with Gasteiger partial charge >= 0.3 is 0 Å². The highest BCUT2D eigenvalue weighted by molar-refractivity contribution is 5.55. The van der Waals surface area contributed by atoms with Crippen molar-refractivity contribution in [3.63, 3.8) is 0 Å². The highest BCUT2D eigenvalue weighted by Gasteiger charge is 2.14. The average Bonchev–Trinajstić information content (AvgIpc) is 2.72. The molecule has 3 aromatic carbocycles. The molecule has 0 saturated heterocycles. The van der Waals surface area contributed by atoms with E-state index in [1.165, 1.54) is 33.4 Å². The van der Waals surface area contributed by atoms with Gasteiger partial charge in [-0.2, -0.15) is 0 Å². The van der Waals surface area contributed by atoms with E-state index in [4.69, 9.17) is 0 Å². The number of benzene rings is 3. The van der Waals surface area contributed by atoms with Crippen LogP contribution in [0, 0.1) is 0 Å². The quantitative estimate of drug-likeness (QED) is 0.443. The third-order valence-electron chi connectivity index (χ3n) is 5.24. The van der Waals surface area contributed by atoms with E-state index in [-0.39, 0.29) is 0 Å². The maximum atomic E-state index is 3.96. The van der Waals surface area contributed by atoms with Gasteiger partial charge in [0.2, 0.25) is 0 Å². The Morgan fingerprint density at radius 2 is 1.27 bits per heavy atom. The monoisotopic (exact) mass is 338 g/mol. The molecule has 0 spiro atoms. The van der Waals surface area contributed by atoms with Crippen molar-refractivity contribution in [1.82, 2.24) is 0 Å². The van der Waals surface area contributed by atoms with Gasteiger partial charge < -0.3 is 0 Å². The minimum absolute atomic E-state index is 0.329. The molecule has 0 heteroatoms. The molecule has 130 valence electrons. The van der Waals surface area contributed by atoms with Crippen LogP contribution in [-0.2, 0) is 0 Å². The van der Waals surface area contributed by atoms with E-state index < -0.39 is 0 Å². The standard InChI is InChI=1S/C26H26/c1-5-21-11-9-13-23(17-21)19(3)24-14-10-15-25(18-24)20(4)26-16-8-7-12-22(26)6-2/h5-20H,1-2H2,3-4H3. The van der Waals surface area contributed by atoms with Crippen molar-refractivity contribution in [3.05, 3.63) is 119 Å². The molecule has 3 rings (SSSR count). The minimum atomic E-state index is 0.329. The van der Waals surface area contributed by atoms with Crippen LogP contribution in [0.3, 0.4) is 0 Å². The summed E-state index contributed by atoms with van der Waals surface area (Å²) in [7, 11) is 0. The van der Waals surface area contributed by atoms with E-state index in [9.17, 15) is 0 Å². The Hall–Kier alpha value is -2.86. The van der Waals surface area contributed by atoms with Gasteiger partial charge in [0.1, 0.15) is 0 Å². The molecule has 0 amide bonds. The fourth-order valence-electron chi connectivity index (χ4n) is 3.52. The van der Waals surface area contributed by atoms with Gasteiger partial charge in [-0.1, -0.05) is 112 Å². The summed E-state index contributed by atoms with van der Waals surface area (Å²) in [6.07, 6.45) is 3.85. The Balaban J connectivity index is 1.94. The SMILES string of the molecule is C=Cc1cccc(C(C)c2cccc(C(C)c3ccccc3C=C)c2)c1. The van der Waals surface area contributed by atoms with Crippen LogP contribution >= 0.6 is 0 Å². The van der Waals surface area contributed by atoms with Gasteiger partial charge in [0, 0.05) is 11.8 Å². The Morgan fingerprint density at radius 1 is 0.654 bits per heavy atom. The second kappa shape index (κ2) is 8.01. The normalized spacial score (nSPS) is 13.0. The lowest BCUT2D eigenvalue weighted by molar-refractivity contribution is 0.885. The molecule has 0 aliphatic rings. The summed E-state index contributed by atoms with van der Waals surface area (Å²) in [5.41, 5.74) is 7.69. The summed E-state index contributed by atoms with van der Waals surface area (Å²) in [5.74, 6) is 0.674. The first-order valence-corrected chi connectivity index (χ1v) is 9.17. The van der Waals surface area contributed by atoms with E-state index in [0.717, 1.165) is 0 Å². The van der Waals surface area contributed by atoms with Crippen molar-refractivity contribution in [2.45, 2.75) is 25.7 Å². The third kappa shape index (κ3) is 3.70. The van der Waals surface area contributed by atoms with Gasteiger partial charge in [-0.25, -0.2) is 0 Å². The summed E-state index contributed by atoms with van der Waals surface area (Å²) in [4.78, 5) is 0. The van der Waals surface area contributed by atoms with Gasteiger partial charge in [0.25, 0.3) is 0 Å². The second-order valence-corrected chi connectivity index (χ2v) is 6.82. The molecule has 26 heavy (non-hydrogen) atoms. The molecule has 2 atom stereocenters. The van der Waals surface area contributed by atoms with Crippen LogP contribution in [0.15, 0.2) is 86.0 Å². The smallest absolute Gasteiger partial charge is 0.00670 e. The van der Waals surface area contributed by atoms with E-state index in [0.29, 0.717) is 11.8 Å². The van der Waals surface area contributed by atoms with Crippen molar-refractivity contribution >= 4 is 12.2 Å². The zero-order valence-electron chi connectivity index (χ0n) is 15.7. The van der Waals surface area contributed by atoms with E-state index >= 15 is 0 Å². The van der Waals surface area contributed by atoms with Crippen LogP contribution in [0.2, 0.25) is 0 Å². The van der Waals surface area contributed by atoms with E-state index in [2.05, 4.69) is 99.8 Å². The van der Waals surface area contributed by atoms with Crippen LogP contribution in [0.4, 0.5) is 0 Å². The van der Waals surface area contributed by atoms with Crippen molar-refractivity contribution in [3.8, 4) is 0 Å². The molecule has 0 nitrogen and oxygen atoms in total. The Morgan fingerprint density at radius 3 is 1.96 bits per heavy atom. The molecule has 0 aromatic heterocycles. The first kappa shape index (κ1) is 17.9. The second-order valence-electron chi connectivity index (χ2n) is 6.82. The molecule has 2 unspecified atom stereocenters. The van der Waals surface area contributed by atoms with Gasteiger partial charge in [0.05, 0.1) is 0 Å². The topological polar surface area (TPSA) is 0 Å². The first-order chi connectivity index (χ1) is 12.6. The maximum absolute atomic E-state index is 3.96. The van der Waals surface area contributed by atoms with Crippen molar-refractivity contribution < 1.29 is 0 Å². The molecule has 0 heterocycles. The van der Waals surface area contributed by atoms with E-state index in [1.807, 2.05) is 12.2 Å². The number of rotatable bonds is 6. The number of hydrogen-bond acceptors (Lipinski definition) is 0. The van der Waals surface area contributed by atoms with Crippen molar-refractivity contribution in [2.75, 3.05) is 0 Å². The molecule has 0 aliphatic heterocycles. The number of hydrogen-bond donors (Lipinski definition) is 0. The van der Waals surface area contributed by atoms with Gasteiger partial charge in [0.15, 0.2) is 0 Å². The lowest BCUT2D eigenvalue weighted by Gasteiger charge is -2.19. The molecule has 0 saturated carbocycles. The predicted octanol–water partition coefficient (Wildman–Crippen LogP) is 7.28. The van der Waals surface area contributed by atoms with Crippen LogP contribution in [0.25, 0.3) is 12.2 Å². The molecular formula is C26H26. The average molecular weight is 338 g/mol. The fraction of sp³-hybridized carbons (Fsp3) is 0.154. The summed E-state index contributed by atoms with van der Waals surface area (Å²) in [6.45, 7) is 12.4. The third-order valence-corrected chi connectivity index (χ3v) is 5.24. The van der Waals surface area contributed by atoms with Crippen molar-refractivity contribution in [2.24, 2.45) is 0 Å². The zero-order valence-corrected chi connectivity index (χ0v) is 15.7. The van der Waals surface area contributed by atoms with E-state index in [1.54, 1.807) is 0 Å². The molecule has 3 aromatic rings. The fourth-order valence-corrected chi connectivity index (χ4v) is 3.52. The van der Waals surface area contributed by atoms with Gasteiger partial charge in [-0.3, -0.25) is 0 Å². The Bertz CT molecular complexity index is 917. The van der Waals surface area contributed by atoms with Crippen LogP contribution in [0.1, 0.15) is 59.1 Å². The lowest BCUT2D eigenvalue weighted by Crippen LogP contribution is -2.02. The summed E-state index contributed by atoms with van der Waals surface area (Å²) in [5, 5.41) is 0. The lowest BCUT2D eigenvalue weighted by atomic mass is 9.86. The highest BCUT2D eigenvalue weighted by Crippen LogP contribution is 2.31. The highest BCUT2D eigenvalue weighted by atomic mass is 14.2. The molecular weight excluding hydrogens is 312 g/mol. The molecule has 0 bridgehead atoms. The Labute approximate surface area is 157 Å². The zero-order chi connectivity index (χ0) is 18.5. The summed E-state index contributed by atoms with van der Waals surface area (Å²) < 4.78 is 0. The molecule has 0 fully saturated rings. The van der Waals surface area contributed by atoms with Crippen LogP contribution < -0.4 is 0 Å². The Kier molecular flexibility index (Phi) is 5.53. The molecule has 0 N–H and O–H groups in total. The molecule has 0 radical (unpaired) electrons. The van der Waals surface area contributed by atoms with Gasteiger partial charge in [-0.15, -0.1) is 0 Å². The largest absolute Gasteiger partial charge is 0.0985 e. The molecule has 0 aliphatic carbocycles. The summed E-state index contributed by atoms with van der Waals surface area (Å²) >= 11 is 0. The van der Waals surface area contributed by atoms with Gasteiger partial charge in [-0.05, 0) is 33.4 Å². The predicted molar refractivity (Wildman–Crippen MR) is 115 cm³/mol. The maximum Gasteiger partial charge on any atom is 0.00670 e. The van der Waals surface area contributed by atoms with Crippen LogP contribution in [-0.4, -0.2) is 0 Å².